The van der Waals surface area contributed by atoms with Crippen molar-refractivity contribution < 1.29 is 23.2 Å². The van der Waals surface area contributed by atoms with Crippen molar-refractivity contribution in [1.82, 2.24) is 0 Å². The first-order valence-corrected chi connectivity index (χ1v) is 7.64. The topological polar surface area (TPSA) is 61.8 Å². The van der Waals surface area contributed by atoms with E-state index in [0.29, 0.717) is 17.3 Å². The second kappa shape index (κ2) is 7.89. The summed E-state index contributed by atoms with van der Waals surface area (Å²) >= 11 is 0. The summed E-state index contributed by atoms with van der Waals surface area (Å²) in [5.74, 6) is 1.16. The van der Waals surface area contributed by atoms with Gasteiger partial charge in [0.25, 0.3) is 0 Å². The number of hydrogen-bond donors (Lipinski definition) is 0. The Morgan fingerprint density at radius 2 is 1.85 bits per heavy atom. The first-order chi connectivity index (χ1) is 9.51. The van der Waals surface area contributed by atoms with Gasteiger partial charge in [-0.15, -0.1) is 0 Å². The van der Waals surface area contributed by atoms with Gasteiger partial charge in [-0.3, -0.25) is 9.00 Å². The molecule has 0 fully saturated rings. The Bertz CT molecular complexity index is 486. The highest BCUT2D eigenvalue weighted by Gasteiger charge is 2.17. The Morgan fingerprint density at radius 1 is 1.20 bits per heavy atom. The van der Waals surface area contributed by atoms with Gasteiger partial charge in [0, 0.05) is 22.3 Å². The van der Waals surface area contributed by atoms with Crippen LogP contribution in [0.2, 0.25) is 0 Å². The van der Waals surface area contributed by atoms with Gasteiger partial charge in [0.2, 0.25) is 0 Å². The van der Waals surface area contributed by atoms with Crippen molar-refractivity contribution >= 4 is 16.8 Å². The third-order valence-corrected chi connectivity index (χ3v) is 4.34. The molecule has 20 heavy (non-hydrogen) atoms. The molecule has 5 nitrogen and oxygen atoms in total. The number of esters is 1. The van der Waals surface area contributed by atoms with E-state index < -0.39 is 10.8 Å². The fraction of sp³-hybridized carbons (Fsp3) is 0.500. The summed E-state index contributed by atoms with van der Waals surface area (Å²) in [6, 6.07) is 5.40. The third-order valence-electron chi connectivity index (χ3n) is 2.82. The molecule has 0 aromatic heterocycles. The number of methoxy groups -OCH3 is 3. The van der Waals surface area contributed by atoms with Crippen LogP contribution in [0.15, 0.2) is 18.2 Å². The Hall–Kier alpha value is -1.56. The number of carbonyl (C=O) groups is 1. The van der Waals surface area contributed by atoms with Crippen LogP contribution in [0.25, 0.3) is 0 Å². The van der Waals surface area contributed by atoms with Gasteiger partial charge in [-0.05, 0) is 17.7 Å². The summed E-state index contributed by atoms with van der Waals surface area (Å²) in [5, 5.41) is 0. The second-order valence-corrected chi connectivity index (χ2v) is 5.87. The summed E-state index contributed by atoms with van der Waals surface area (Å²) in [6.07, 6.45) is 0. The normalized spacial score (nSPS) is 13.4. The maximum absolute atomic E-state index is 12.0. The Balaban J connectivity index is 2.69. The molecule has 0 saturated heterocycles. The van der Waals surface area contributed by atoms with E-state index in [1.54, 1.807) is 33.3 Å². The van der Waals surface area contributed by atoms with Gasteiger partial charge in [0.05, 0.1) is 27.2 Å². The molecule has 0 aliphatic heterocycles. The van der Waals surface area contributed by atoms with E-state index in [-0.39, 0.29) is 17.6 Å². The van der Waals surface area contributed by atoms with E-state index in [0.717, 1.165) is 5.56 Å². The van der Waals surface area contributed by atoms with E-state index in [2.05, 4.69) is 4.74 Å². The van der Waals surface area contributed by atoms with E-state index in [1.807, 2.05) is 6.07 Å². The molecule has 0 N–H and O–H groups in total. The lowest BCUT2D eigenvalue weighted by Gasteiger charge is -2.11. The molecule has 0 radical (unpaired) electrons. The van der Waals surface area contributed by atoms with Gasteiger partial charge in [-0.2, -0.15) is 0 Å². The average molecular weight is 300 g/mol. The largest absolute Gasteiger partial charge is 0.493 e. The second-order valence-electron chi connectivity index (χ2n) is 4.36. The molecule has 0 aliphatic carbocycles. The zero-order valence-electron chi connectivity index (χ0n) is 12.2. The van der Waals surface area contributed by atoms with Crippen LogP contribution < -0.4 is 9.47 Å². The van der Waals surface area contributed by atoms with E-state index >= 15 is 0 Å². The summed E-state index contributed by atoms with van der Waals surface area (Å²) in [5.41, 5.74) is 0.873. The van der Waals surface area contributed by atoms with Crippen molar-refractivity contribution in [2.45, 2.75) is 12.7 Å². The first kappa shape index (κ1) is 16.5. The van der Waals surface area contributed by atoms with Crippen LogP contribution in [0.3, 0.4) is 0 Å². The Labute approximate surface area is 121 Å². The first-order valence-electron chi connectivity index (χ1n) is 6.15. The van der Waals surface area contributed by atoms with Crippen LogP contribution in [0, 0.1) is 5.92 Å². The molecule has 6 heteroatoms. The number of carbonyl (C=O) groups excluding carboxylic acids is 1. The molecular formula is C14H20O5S. The molecule has 1 aromatic carbocycles. The average Bonchev–Trinajstić information content (AvgIpc) is 2.45. The van der Waals surface area contributed by atoms with Crippen molar-refractivity contribution in [3.63, 3.8) is 0 Å². The monoisotopic (exact) mass is 300 g/mol. The maximum atomic E-state index is 12.0. The van der Waals surface area contributed by atoms with Crippen LogP contribution >= 0.6 is 0 Å². The predicted octanol–water partition coefficient (Wildman–Crippen LogP) is 1.76. The molecule has 0 aliphatic rings. The minimum absolute atomic E-state index is 0.279. The summed E-state index contributed by atoms with van der Waals surface area (Å²) in [6.45, 7) is 1.71. The fourth-order valence-electron chi connectivity index (χ4n) is 1.76. The van der Waals surface area contributed by atoms with Gasteiger partial charge in [0.1, 0.15) is 0 Å². The molecule has 0 saturated carbocycles. The van der Waals surface area contributed by atoms with Crippen LogP contribution in [-0.4, -0.2) is 37.3 Å². The zero-order valence-corrected chi connectivity index (χ0v) is 13.0. The molecule has 1 rings (SSSR count). The van der Waals surface area contributed by atoms with E-state index in [4.69, 9.17) is 9.47 Å². The lowest BCUT2D eigenvalue weighted by molar-refractivity contribution is -0.144. The van der Waals surface area contributed by atoms with Gasteiger partial charge in [0.15, 0.2) is 11.5 Å². The summed E-state index contributed by atoms with van der Waals surface area (Å²) in [7, 11) is 3.31. The van der Waals surface area contributed by atoms with Crippen molar-refractivity contribution in [2.24, 2.45) is 5.92 Å². The molecular weight excluding hydrogens is 280 g/mol. The van der Waals surface area contributed by atoms with E-state index in [1.165, 1.54) is 7.11 Å². The molecule has 1 aromatic rings. The summed E-state index contributed by atoms with van der Waals surface area (Å²) < 4.78 is 27.0. The molecule has 2 unspecified atom stereocenters. The quantitative estimate of drug-likeness (QED) is 0.718. The van der Waals surface area contributed by atoms with Gasteiger partial charge in [-0.25, -0.2) is 0 Å². The fourth-order valence-corrected chi connectivity index (χ4v) is 3.13. The predicted molar refractivity (Wildman–Crippen MR) is 77.4 cm³/mol. The standard InChI is InChI=1S/C14H20O5S/c1-10(14(15)19-4)8-20(16)9-11-5-6-12(17-2)13(7-11)18-3/h5-7,10H,8-9H2,1-4H3. The van der Waals surface area contributed by atoms with Crippen molar-refractivity contribution in [3.8, 4) is 11.5 Å². The SMILES string of the molecule is COC(=O)C(C)CS(=O)Cc1ccc(OC)c(OC)c1. The van der Waals surface area contributed by atoms with Crippen LogP contribution in [-0.2, 0) is 26.1 Å². The maximum Gasteiger partial charge on any atom is 0.309 e. The highest BCUT2D eigenvalue weighted by atomic mass is 32.2. The highest BCUT2D eigenvalue weighted by molar-refractivity contribution is 7.84. The Kier molecular flexibility index (Phi) is 6.51. The van der Waals surface area contributed by atoms with Gasteiger partial charge >= 0.3 is 5.97 Å². The summed E-state index contributed by atoms with van der Waals surface area (Å²) in [4.78, 5) is 11.3. The van der Waals surface area contributed by atoms with Crippen molar-refractivity contribution in [3.05, 3.63) is 23.8 Å². The zero-order chi connectivity index (χ0) is 15.1. The van der Waals surface area contributed by atoms with Crippen molar-refractivity contribution in [2.75, 3.05) is 27.1 Å². The molecule has 0 bridgehead atoms. The molecule has 2 atom stereocenters. The molecule has 112 valence electrons. The van der Waals surface area contributed by atoms with Crippen LogP contribution in [0.5, 0.6) is 11.5 Å². The highest BCUT2D eigenvalue weighted by Crippen LogP contribution is 2.28. The van der Waals surface area contributed by atoms with Crippen LogP contribution in [0.4, 0.5) is 0 Å². The Morgan fingerprint density at radius 3 is 2.40 bits per heavy atom. The van der Waals surface area contributed by atoms with E-state index in [9.17, 15) is 9.00 Å². The number of rotatable bonds is 7. The van der Waals surface area contributed by atoms with Crippen molar-refractivity contribution in [1.29, 1.82) is 0 Å². The van der Waals surface area contributed by atoms with Gasteiger partial charge < -0.3 is 14.2 Å². The molecule has 0 heterocycles. The third kappa shape index (κ3) is 4.52. The number of ether oxygens (including phenoxy) is 3. The minimum Gasteiger partial charge on any atom is -0.493 e. The lowest BCUT2D eigenvalue weighted by Crippen LogP contribution is -2.20. The number of hydrogen-bond acceptors (Lipinski definition) is 5. The number of benzene rings is 1. The van der Waals surface area contributed by atoms with Crippen LogP contribution in [0.1, 0.15) is 12.5 Å². The lowest BCUT2D eigenvalue weighted by atomic mass is 10.2. The minimum atomic E-state index is -1.14. The smallest absolute Gasteiger partial charge is 0.309 e. The van der Waals surface area contributed by atoms with Gasteiger partial charge in [-0.1, -0.05) is 13.0 Å². The molecule has 0 amide bonds. The molecule has 0 spiro atoms.